The van der Waals surface area contributed by atoms with E-state index in [1.165, 1.54) is 12.1 Å². The minimum absolute atomic E-state index is 0.266. The van der Waals surface area contributed by atoms with Crippen LogP contribution in [0.2, 0.25) is 0 Å². The molecular formula is C12H11N3O4S. The van der Waals surface area contributed by atoms with Crippen LogP contribution in [0.5, 0.6) is 0 Å². The van der Waals surface area contributed by atoms with E-state index in [9.17, 15) is 20.2 Å². The van der Waals surface area contributed by atoms with Crippen molar-refractivity contribution >= 4 is 28.4 Å². The van der Waals surface area contributed by atoms with Gasteiger partial charge in [-0.15, -0.1) is 11.3 Å². The second-order valence-electron chi connectivity index (χ2n) is 4.12. The second-order valence-corrected chi connectivity index (χ2v) is 5.15. The smallest absolute Gasteiger partial charge is 0.299 e. The molecule has 104 valence electrons. The predicted molar refractivity (Wildman–Crippen MR) is 76.2 cm³/mol. The van der Waals surface area contributed by atoms with Gasteiger partial charge in [-0.05, 0) is 17.5 Å². The van der Waals surface area contributed by atoms with Gasteiger partial charge in [0.25, 0.3) is 11.4 Å². The Hall–Kier alpha value is -2.48. The Morgan fingerprint density at radius 2 is 1.95 bits per heavy atom. The van der Waals surface area contributed by atoms with Crippen LogP contribution in [0, 0.1) is 20.2 Å². The van der Waals surface area contributed by atoms with Gasteiger partial charge in [-0.25, -0.2) is 0 Å². The first kappa shape index (κ1) is 13.9. The number of hydrogen-bond acceptors (Lipinski definition) is 6. The van der Waals surface area contributed by atoms with Gasteiger partial charge >= 0.3 is 0 Å². The summed E-state index contributed by atoms with van der Waals surface area (Å²) in [6, 6.07) is 7.49. The van der Waals surface area contributed by atoms with Crippen LogP contribution in [0.3, 0.4) is 0 Å². The Morgan fingerprint density at radius 1 is 1.20 bits per heavy atom. The fraction of sp³-hybridized carbons (Fsp3) is 0.167. The number of non-ortho nitro benzene ring substituents is 1. The molecule has 1 heterocycles. The zero-order valence-electron chi connectivity index (χ0n) is 10.6. The molecule has 0 aliphatic rings. The number of hydrogen-bond donors (Lipinski definition) is 0. The predicted octanol–water partition coefficient (Wildman–Crippen LogP) is 3.20. The third kappa shape index (κ3) is 2.91. The van der Waals surface area contributed by atoms with Crippen LogP contribution in [0.1, 0.15) is 4.88 Å². The Bertz CT molecular complexity index is 642. The van der Waals surface area contributed by atoms with Gasteiger partial charge in [-0.1, -0.05) is 6.07 Å². The number of nitro groups is 2. The number of nitrogens with zero attached hydrogens (tertiary/aromatic N) is 3. The van der Waals surface area contributed by atoms with Crippen LogP contribution in [0.25, 0.3) is 0 Å². The monoisotopic (exact) mass is 293 g/mol. The molecule has 7 nitrogen and oxygen atoms in total. The van der Waals surface area contributed by atoms with E-state index in [2.05, 4.69) is 0 Å². The summed E-state index contributed by atoms with van der Waals surface area (Å²) < 4.78 is 0. The zero-order chi connectivity index (χ0) is 14.7. The first-order valence-electron chi connectivity index (χ1n) is 5.65. The van der Waals surface area contributed by atoms with Crippen LogP contribution in [0.4, 0.5) is 17.1 Å². The number of nitro benzene ring substituents is 2. The molecule has 1 aromatic carbocycles. The van der Waals surface area contributed by atoms with Gasteiger partial charge in [0.1, 0.15) is 5.69 Å². The minimum Gasteiger partial charge on any atom is -0.364 e. The molecule has 0 bridgehead atoms. The van der Waals surface area contributed by atoms with E-state index in [1.54, 1.807) is 23.3 Å². The molecule has 0 N–H and O–H groups in total. The van der Waals surface area contributed by atoms with Crippen molar-refractivity contribution < 1.29 is 9.85 Å². The van der Waals surface area contributed by atoms with E-state index in [-0.39, 0.29) is 11.4 Å². The summed E-state index contributed by atoms with van der Waals surface area (Å²) in [7, 11) is 1.72. The topological polar surface area (TPSA) is 89.5 Å². The molecule has 0 amide bonds. The Morgan fingerprint density at radius 3 is 2.50 bits per heavy atom. The summed E-state index contributed by atoms with van der Waals surface area (Å²) in [5.41, 5.74) is -0.197. The highest BCUT2D eigenvalue weighted by atomic mass is 32.1. The van der Waals surface area contributed by atoms with Gasteiger partial charge in [0, 0.05) is 18.0 Å². The second kappa shape index (κ2) is 5.66. The fourth-order valence-electron chi connectivity index (χ4n) is 1.82. The zero-order valence-corrected chi connectivity index (χ0v) is 11.4. The SMILES string of the molecule is CN(Cc1cccs1)c1ccc([N+](=O)[O-])cc1[N+](=O)[O-]. The van der Waals surface area contributed by atoms with Gasteiger partial charge in [-0.3, -0.25) is 20.2 Å². The van der Waals surface area contributed by atoms with Gasteiger partial charge in [-0.2, -0.15) is 0 Å². The number of anilines is 1. The van der Waals surface area contributed by atoms with E-state index in [4.69, 9.17) is 0 Å². The molecule has 2 aromatic rings. The lowest BCUT2D eigenvalue weighted by atomic mass is 10.2. The highest BCUT2D eigenvalue weighted by Gasteiger charge is 2.21. The van der Waals surface area contributed by atoms with E-state index < -0.39 is 9.85 Å². The number of thiophene rings is 1. The molecular weight excluding hydrogens is 282 g/mol. The van der Waals surface area contributed by atoms with Crippen LogP contribution >= 0.6 is 11.3 Å². The van der Waals surface area contributed by atoms with Gasteiger partial charge < -0.3 is 4.90 Å². The molecule has 0 saturated carbocycles. The van der Waals surface area contributed by atoms with Crippen LogP contribution < -0.4 is 4.90 Å². The first-order chi connectivity index (χ1) is 9.49. The highest BCUT2D eigenvalue weighted by Crippen LogP contribution is 2.32. The van der Waals surface area contributed by atoms with Gasteiger partial charge in [0.15, 0.2) is 0 Å². The summed E-state index contributed by atoms with van der Waals surface area (Å²) in [5, 5.41) is 23.7. The Balaban J connectivity index is 2.35. The fourth-order valence-corrected chi connectivity index (χ4v) is 2.57. The van der Waals surface area contributed by atoms with Crippen molar-refractivity contribution in [1.82, 2.24) is 0 Å². The average Bonchev–Trinajstić information content (AvgIpc) is 2.90. The third-order valence-corrected chi connectivity index (χ3v) is 3.61. The van der Waals surface area contributed by atoms with Crippen molar-refractivity contribution in [2.45, 2.75) is 6.54 Å². The first-order valence-corrected chi connectivity index (χ1v) is 6.53. The normalized spacial score (nSPS) is 10.2. The maximum atomic E-state index is 11.1. The Labute approximate surface area is 118 Å². The lowest BCUT2D eigenvalue weighted by Crippen LogP contribution is -2.17. The molecule has 0 aliphatic carbocycles. The molecule has 0 unspecified atom stereocenters. The van der Waals surface area contributed by atoms with Crippen molar-refractivity contribution in [2.24, 2.45) is 0 Å². The maximum Gasteiger partial charge on any atom is 0.299 e. The Kier molecular flexibility index (Phi) is 3.94. The molecule has 0 atom stereocenters. The van der Waals surface area contributed by atoms with E-state index in [0.717, 1.165) is 10.9 Å². The summed E-state index contributed by atoms with van der Waals surface area (Å²) in [4.78, 5) is 23.3. The molecule has 0 saturated heterocycles. The summed E-state index contributed by atoms with van der Waals surface area (Å²) in [5.74, 6) is 0. The number of rotatable bonds is 5. The summed E-state index contributed by atoms with van der Waals surface area (Å²) in [6.07, 6.45) is 0. The molecule has 0 radical (unpaired) electrons. The molecule has 1 aromatic heterocycles. The standard InChI is InChI=1S/C12H11N3O4S/c1-13(8-10-3-2-6-20-10)11-5-4-9(14(16)17)7-12(11)15(18)19/h2-7H,8H2,1H3. The third-order valence-electron chi connectivity index (χ3n) is 2.75. The van der Waals surface area contributed by atoms with Crippen LogP contribution in [-0.4, -0.2) is 16.9 Å². The minimum atomic E-state index is -0.643. The maximum absolute atomic E-state index is 11.1. The molecule has 8 heteroatoms. The number of benzene rings is 1. The highest BCUT2D eigenvalue weighted by molar-refractivity contribution is 7.09. The molecule has 0 spiro atoms. The lowest BCUT2D eigenvalue weighted by molar-refractivity contribution is -0.393. The van der Waals surface area contributed by atoms with Gasteiger partial charge in [0.05, 0.1) is 22.5 Å². The molecule has 0 aliphatic heterocycles. The van der Waals surface area contributed by atoms with Gasteiger partial charge in [0.2, 0.25) is 0 Å². The molecule has 0 fully saturated rings. The largest absolute Gasteiger partial charge is 0.364 e. The van der Waals surface area contributed by atoms with Crippen molar-refractivity contribution in [3.8, 4) is 0 Å². The van der Waals surface area contributed by atoms with E-state index in [0.29, 0.717) is 12.2 Å². The van der Waals surface area contributed by atoms with Crippen LogP contribution in [-0.2, 0) is 6.54 Å². The molecule has 2 rings (SSSR count). The van der Waals surface area contributed by atoms with Crippen LogP contribution in [0.15, 0.2) is 35.7 Å². The quantitative estimate of drug-likeness (QED) is 0.623. The van der Waals surface area contributed by atoms with Crippen molar-refractivity contribution in [1.29, 1.82) is 0 Å². The van der Waals surface area contributed by atoms with Crippen molar-refractivity contribution in [3.05, 3.63) is 60.8 Å². The van der Waals surface area contributed by atoms with Crippen molar-refractivity contribution in [2.75, 3.05) is 11.9 Å². The average molecular weight is 293 g/mol. The van der Waals surface area contributed by atoms with E-state index >= 15 is 0 Å². The summed E-state index contributed by atoms with van der Waals surface area (Å²) >= 11 is 1.55. The molecule has 20 heavy (non-hydrogen) atoms. The summed E-state index contributed by atoms with van der Waals surface area (Å²) in [6.45, 7) is 0.510. The van der Waals surface area contributed by atoms with Crippen molar-refractivity contribution in [3.63, 3.8) is 0 Å². The van der Waals surface area contributed by atoms with E-state index in [1.807, 2.05) is 17.5 Å². The lowest BCUT2D eigenvalue weighted by Gasteiger charge is -2.18.